The zero-order chi connectivity index (χ0) is 21.6. The molecule has 0 saturated heterocycles. The minimum atomic E-state index is -0.591. The second-order valence-corrected chi connectivity index (χ2v) is 7.57. The molecule has 156 valence electrons. The van der Waals surface area contributed by atoms with E-state index in [0.717, 1.165) is 27.8 Å². The molecule has 1 unspecified atom stereocenters. The Morgan fingerprint density at radius 3 is 2.45 bits per heavy atom. The molecule has 0 radical (unpaired) electrons. The van der Waals surface area contributed by atoms with E-state index in [1.165, 1.54) is 0 Å². The number of nitrogens with one attached hydrogen (secondary N) is 1. The van der Waals surface area contributed by atoms with Crippen molar-refractivity contribution < 1.29 is 14.3 Å². The SMILES string of the molecule is CCNC(=O)C(C)N(Cc1cccc(C)c1)C(=O)COc1cc(C)cc(C)c1C. The van der Waals surface area contributed by atoms with Crippen molar-refractivity contribution in [3.05, 3.63) is 64.2 Å². The molecule has 5 nitrogen and oxygen atoms in total. The first-order valence-electron chi connectivity index (χ1n) is 10.1. The number of hydrogen-bond acceptors (Lipinski definition) is 3. The molecule has 0 saturated carbocycles. The van der Waals surface area contributed by atoms with Crippen molar-refractivity contribution in [3.63, 3.8) is 0 Å². The largest absolute Gasteiger partial charge is 0.483 e. The molecule has 1 atom stereocenters. The molecular formula is C24H32N2O3. The minimum absolute atomic E-state index is 0.112. The van der Waals surface area contributed by atoms with Gasteiger partial charge in [0.25, 0.3) is 5.91 Å². The summed E-state index contributed by atoms with van der Waals surface area (Å²) in [6, 6.07) is 11.4. The van der Waals surface area contributed by atoms with E-state index >= 15 is 0 Å². The Bertz CT molecular complexity index is 876. The molecule has 0 aliphatic heterocycles. The van der Waals surface area contributed by atoms with Gasteiger partial charge < -0.3 is 15.0 Å². The molecule has 2 amide bonds. The molecule has 0 aliphatic rings. The first-order chi connectivity index (χ1) is 13.7. The van der Waals surface area contributed by atoms with Crippen LogP contribution >= 0.6 is 0 Å². The Morgan fingerprint density at radius 2 is 1.79 bits per heavy atom. The summed E-state index contributed by atoms with van der Waals surface area (Å²) in [7, 11) is 0. The summed E-state index contributed by atoms with van der Waals surface area (Å²) >= 11 is 0. The molecular weight excluding hydrogens is 364 g/mol. The molecule has 0 heterocycles. The van der Waals surface area contributed by atoms with Crippen LogP contribution in [-0.4, -0.2) is 35.9 Å². The Labute approximate surface area is 174 Å². The lowest BCUT2D eigenvalue weighted by Crippen LogP contribution is -2.49. The van der Waals surface area contributed by atoms with E-state index in [2.05, 4.69) is 11.4 Å². The maximum absolute atomic E-state index is 13.1. The lowest BCUT2D eigenvalue weighted by atomic mass is 10.1. The zero-order valence-corrected chi connectivity index (χ0v) is 18.3. The van der Waals surface area contributed by atoms with Crippen LogP contribution in [0.3, 0.4) is 0 Å². The van der Waals surface area contributed by atoms with Crippen molar-refractivity contribution in [3.8, 4) is 5.75 Å². The zero-order valence-electron chi connectivity index (χ0n) is 18.3. The van der Waals surface area contributed by atoms with Gasteiger partial charge in [0.1, 0.15) is 11.8 Å². The summed E-state index contributed by atoms with van der Waals surface area (Å²) in [5.74, 6) is 0.317. The average molecular weight is 397 g/mol. The van der Waals surface area contributed by atoms with Crippen LogP contribution in [0.4, 0.5) is 0 Å². The van der Waals surface area contributed by atoms with Gasteiger partial charge in [0, 0.05) is 13.1 Å². The number of likely N-dealkylation sites (N-methyl/N-ethyl adjacent to an activating group) is 1. The highest BCUT2D eigenvalue weighted by Crippen LogP contribution is 2.23. The Morgan fingerprint density at radius 1 is 1.07 bits per heavy atom. The summed E-state index contributed by atoms with van der Waals surface area (Å²) in [5.41, 5.74) is 5.33. The van der Waals surface area contributed by atoms with Gasteiger partial charge in [-0.05, 0) is 69.9 Å². The van der Waals surface area contributed by atoms with Crippen molar-refractivity contribution in [1.82, 2.24) is 10.2 Å². The third-order valence-electron chi connectivity index (χ3n) is 5.07. The van der Waals surface area contributed by atoms with E-state index in [4.69, 9.17) is 4.74 Å². The first-order valence-corrected chi connectivity index (χ1v) is 10.1. The highest BCUT2D eigenvalue weighted by atomic mass is 16.5. The molecule has 2 aromatic carbocycles. The monoisotopic (exact) mass is 396 g/mol. The van der Waals surface area contributed by atoms with Gasteiger partial charge in [-0.25, -0.2) is 0 Å². The predicted octanol–water partition coefficient (Wildman–Crippen LogP) is 3.85. The van der Waals surface area contributed by atoms with E-state index in [9.17, 15) is 9.59 Å². The van der Waals surface area contributed by atoms with Crippen LogP contribution in [0.1, 0.15) is 41.7 Å². The molecule has 0 fully saturated rings. The van der Waals surface area contributed by atoms with Crippen LogP contribution in [-0.2, 0) is 16.1 Å². The van der Waals surface area contributed by atoms with Crippen LogP contribution < -0.4 is 10.1 Å². The van der Waals surface area contributed by atoms with Crippen molar-refractivity contribution in [2.75, 3.05) is 13.2 Å². The standard InChI is InChI=1S/C24H32N2O3/c1-7-25-24(28)20(6)26(14-21-10-8-9-16(2)12-21)23(27)15-29-22-13-17(3)11-18(4)19(22)5/h8-13,20H,7,14-15H2,1-6H3,(H,25,28). The predicted molar refractivity (Wildman–Crippen MR) is 116 cm³/mol. The van der Waals surface area contributed by atoms with Gasteiger partial charge in [-0.3, -0.25) is 9.59 Å². The van der Waals surface area contributed by atoms with Crippen LogP contribution in [0.15, 0.2) is 36.4 Å². The van der Waals surface area contributed by atoms with Crippen LogP contribution in [0.2, 0.25) is 0 Å². The van der Waals surface area contributed by atoms with E-state index in [0.29, 0.717) is 18.8 Å². The molecule has 5 heteroatoms. The number of benzene rings is 2. The number of rotatable bonds is 8. The van der Waals surface area contributed by atoms with Gasteiger partial charge >= 0.3 is 0 Å². The lowest BCUT2D eigenvalue weighted by molar-refractivity contribution is -0.142. The van der Waals surface area contributed by atoms with Gasteiger partial charge in [-0.2, -0.15) is 0 Å². The fraction of sp³-hybridized carbons (Fsp3) is 0.417. The number of amides is 2. The molecule has 29 heavy (non-hydrogen) atoms. The maximum atomic E-state index is 13.1. The second kappa shape index (κ2) is 10.1. The lowest BCUT2D eigenvalue weighted by Gasteiger charge is -2.29. The van der Waals surface area contributed by atoms with E-state index < -0.39 is 6.04 Å². The van der Waals surface area contributed by atoms with Crippen molar-refractivity contribution in [2.24, 2.45) is 0 Å². The minimum Gasteiger partial charge on any atom is -0.483 e. The third kappa shape index (κ3) is 6.08. The van der Waals surface area contributed by atoms with Crippen molar-refractivity contribution in [2.45, 2.75) is 54.1 Å². The van der Waals surface area contributed by atoms with Crippen LogP contribution in [0, 0.1) is 27.7 Å². The Hall–Kier alpha value is -2.82. The fourth-order valence-electron chi connectivity index (χ4n) is 3.28. The molecule has 1 N–H and O–H groups in total. The average Bonchev–Trinajstić information content (AvgIpc) is 2.67. The normalized spacial score (nSPS) is 11.7. The van der Waals surface area contributed by atoms with Gasteiger partial charge in [-0.15, -0.1) is 0 Å². The van der Waals surface area contributed by atoms with E-state index in [1.807, 2.05) is 65.0 Å². The highest BCUT2D eigenvalue weighted by Gasteiger charge is 2.26. The summed E-state index contributed by atoms with van der Waals surface area (Å²) in [6.45, 7) is 12.4. The Kier molecular flexibility index (Phi) is 7.82. The Balaban J connectivity index is 2.20. The number of carbonyl (C=O) groups is 2. The molecule has 0 spiro atoms. The molecule has 0 aromatic heterocycles. The van der Waals surface area contributed by atoms with Gasteiger partial charge in [0.15, 0.2) is 6.61 Å². The first kappa shape index (κ1) is 22.5. The highest BCUT2D eigenvalue weighted by molar-refractivity contribution is 5.87. The van der Waals surface area contributed by atoms with Crippen molar-refractivity contribution in [1.29, 1.82) is 0 Å². The summed E-state index contributed by atoms with van der Waals surface area (Å²) in [5, 5.41) is 2.80. The molecule has 0 aliphatic carbocycles. The number of hydrogen-bond donors (Lipinski definition) is 1. The number of nitrogens with zero attached hydrogens (tertiary/aromatic N) is 1. The van der Waals surface area contributed by atoms with Crippen LogP contribution in [0.5, 0.6) is 5.75 Å². The van der Waals surface area contributed by atoms with Gasteiger partial charge in [0.2, 0.25) is 5.91 Å². The smallest absolute Gasteiger partial charge is 0.261 e. The van der Waals surface area contributed by atoms with Crippen LogP contribution in [0.25, 0.3) is 0 Å². The van der Waals surface area contributed by atoms with Gasteiger partial charge in [0.05, 0.1) is 0 Å². The van der Waals surface area contributed by atoms with Crippen molar-refractivity contribution >= 4 is 11.8 Å². The quantitative estimate of drug-likeness (QED) is 0.737. The molecule has 2 aromatic rings. The molecule has 2 rings (SSSR count). The van der Waals surface area contributed by atoms with E-state index in [1.54, 1.807) is 11.8 Å². The van der Waals surface area contributed by atoms with E-state index in [-0.39, 0.29) is 18.4 Å². The second-order valence-electron chi connectivity index (χ2n) is 7.57. The third-order valence-corrected chi connectivity index (χ3v) is 5.07. The summed E-state index contributed by atoms with van der Waals surface area (Å²) in [6.07, 6.45) is 0. The molecule has 0 bridgehead atoms. The summed E-state index contributed by atoms with van der Waals surface area (Å²) < 4.78 is 5.87. The number of ether oxygens (including phenoxy) is 1. The topological polar surface area (TPSA) is 58.6 Å². The maximum Gasteiger partial charge on any atom is 0.261 e. The number of carbonyl (C=O) groups excluding carboxylic acids is 2. The fourth-order valence-corrected chi connectivity index (χ4v) is 3.28. The summed E-state index contributed by atoms with van der Waals surface area (Å²) in [4.78, 5) is 27.1. The number of aryl methyl sites for hydroxylation is 3. The van der Waals surface area contributed by atoms with Gasteiger partial charge in [-0.1, -0.05) is 35.9 Å².